The van der Waals surface area contributed by atoms with Crippen LogP contribution in [-0.4, -0.2) is 40.1 Å². The van der Waals surface area contributed by atoms with Gasteiger partial charge in [0.25, 0.3) is 0 Å². The molecule has 130 valence electrons. The molecule has 9 heteroatoms. The summed E-state index contributed by atoms with van der Waals surface area (Å²) in [5, 5.41) is 10.2. The van der Waals surface area contributed by atoms with Gasteiger partial charge in [0.05, 0.1) is 5.75 Å². The van der Waals surface area contributed by atoms with Crippen LogP contribution in [0.2, 0.25) is 5.02 Å². The molecular formula is C15H19ClN4O3S. The number of halogens is 1. The first-order valence-corrected chi connectivity index (χ1v) is 8.70. The van der Waals surface area contributed by atoms with Crippen LogP contribution in [0.4, 0.5) is 5.69 Å². The lowest BCUT2D eigenvalue weighted by atomic mass is 10.2. The maximum absolute atomic E-state index is 12.1. The van der Waals surface area contributed by atoms with E-state index in [1.165, 1.54) is 16.3 Å². The number of H-pyrrole nitrogens is 1. The van der Waals surface area contributed by atoms with Crippen LogP contribution in [0.1, 0.15) is 12.0 Å². The van der Waals surface area contributed by atoms with Crippen molar-refractivity contribution in [2.45, 2.75) is 25.0 Å². The predicted octanol–water partition coefficient (Wildman–Crippen LogP) is 2.30. The summed E-state index contributed by atoms with van der Waals surface area (Å²) in [6.45, 7) is 2.93. The van der Waals surface area contributed by atoms with Gasteiger partial charge in [-0.05, 0) is 31.0 Å². The number of carbonyl (C=O) groups is 1. The van der Waals surface area contributed by atoms with Crippen molar-refractivity contribution < 1.29 is 9.53 Å². The summed E-state index contributed by atoms with van der Waals surface area (Å²) in [7, 11) is 1.61. The number of anilines is 1. The number of ether oxygens (including phenoxy) is 1. The number of rotatable bonds is 8. The first-order chi connectivity index (χ1) is 11.5. The smallest absolute Gasteiger partial charge is 0.343 e. The molecule has 0 spiro atoms. The van der Waals surface area contributed by atoms with Crippen LogP contribution in [0.3, 0.4) is 0 Å². The van der Waals surface area contributed by atoms with E-state index in [9.17, 15) is 9.59 Å². The molecule has 0 unspecified atom stereocenters. The lowest BCUT2D eigenvalue weighted by molar-refractivity contribution is -0.113. The fourth-order valence-corrected chi connectivity index (χ4v) is 2.97. The summed E-state index contributed by atoms with van der Waals surface area (Å²) < 4.78 is 6.48. The minimum atomic E-state index is -0.292. The van der Waals surface area contributed by atoms with Crippen molar-refractivity contribution in [1.82, 2.24) is 14.8 Å². The highest BCUT2D eigenvalue weighted by molar-refractivity contribution is 7.99. The molecular weight excluding hydrogens is 352 g/mol. The number of carbonyl (C=O) groups excluding carboxylic acids is 1. The van der Waals surface area contributed by atoms with E-state index in [1.54, 1.807) is 19.2 Å². The number of hydrogen-bond donors (Lipinski definition) is 2. The Kier molecular flexibility index (Phi) is 6.89. The molecule has 0 radical (unpaired) electrons. The van der Waals surface area contributed by atoms with Crippen molar-refractivity contribution in [1.29, 1.82) is 0 Å². The van der Waals surface area contributed by atoms with E-state index < -0.39 is 0 Å². The van der Waals surface area contributed by atoms with Gasteiger partial charge in [-0.2, -0.15) is 0 Å². The Labute approximate surface area is 148 Å². The highest BCUT2D eigenvalue weighted by Gasteiger charge is 2.12. The number of amides is 1. The number of nitrogens with zero attached hydrogens (tertiary/aromatic N) is 2. The van der Waals surface area contributed by atoms with Crippen LogP contribution < -0.4 is 11.0 Å². The topological polar surface area (TPSA) is 89.0 Å². The van der Waals surface area contributed by atoms with Gasteiger partial charge in [-0.25, -0.2) is 9.89 Å². The van der Waals surface area contributed by atoms with Gasteiger partial charge < -0.3 is 10.1 Å². The van der Waals surface area contributed by atoms with Crippen molar-refractivity contribution in [3.8, 4) is 0 Å². The van der Waals surface area contributed by atoms with Crippen molar-refractivity contribution >= 4 is 35.0 Å². The molecule has 1 amide bonds. The third kappa shape index (κ3) is 5.12. The molecule has 0 bridgehead atoms. The molecule has 24 heavy (non-hydrogen) atoms. The standard InChI is InChI=1S/C15H19ClN4O3S/c1-10-4-5-11(16)8-12(10)17-13(21)9-24-15-19-18-14(22)20(15)6-3-7-23-2/h4-5,8H,3,6-7,9H2,1-2H3,(H,17,21)(H,18,22). The second kappa shape index (κ2) is 8.91. The Morgan fingerprint density at radius 2 is 2.29 bits per heavy atom. The van der Waals surface area contributed by atoms with Gasteiger partial charge in [0.2, 0.25) is 5.91 Å². The van der Waals surface area contributed by atoms with Crippen LogP contribution in [0.25, 0.3) is 0 Å². The summed E-state index contributed by atoms with van der Waals surface area (Å²) in [5.41, 5.74) is 1.31. The number of hydrogen-bond acceptors (Lipinski definition) is 5. The van der Waals surface area contributed by atoms with E-state index >= 15 is 0 Å². The first-order valence-electron chi connectivity index (χ1n) is 7.34. The summed E-state index contributed by atoms with van der Waals surface area (Å²) in [6, 6.07) is 5.31. The summed E-state index contributed by atoms with van der Waals surface area (Å²) in [6.07, 6.45) is 0.692. The Balaban J connectivity index is 1.94. The molecule has 0 fully saturated rings. The van der Waals surface area contributed by atoms with Crippen molar-refractivity contribution in [3.05, 3.63) is 39.3 Å². The van der Waals surface area contributed by atoms with Gasteiger partial charge in [0.15, 0.2) is 5.16 Å². The maximum Gasteiger partial charge on any atom is 0.343 e. The zero-order chi connectivity index (χ0) is 17.5. The van der Waals surface area contributed by atoms with Crippen molar-refractivity contribution in [2.75, 3.05) is 24.8 Å². The molecule has 2 aromatic rings. The SMILES string of the molecule is COCCCn1c(SCC(=O)Nc2cc(Cl)ccc2C)n[nH]c1=O. The number of methoxy groups -OCH3 is 1. The van der Waals surface area contributed by atoms with Crippen LogP contribution >= 0.6 is 23.4 Å². The molecule has 0 aliphatic rings. The molecule has 0 aliphatic heterocycles. The molecule has 0 saturated heterocycles. The van der Waals surface area contributed by atoms with E-state index in [0.29, 0.717) is 35.4 Å². The van der Waals surface area contributed by atoms with Gasteiger partial charge in [0.1, 0.15) is 0 Å². The highest BCUT2D eigenvalue weighted by atomic mass is 35.5. The molecule has 1 aromatic carbocycles. The summed E-state index contributed by atoms with van der Waals surface area (Å²) in [5.74, 6) is -0.0511. The summed E-state index contributed by atoms with van der Waals surface area (Å²) in [4.78, 5) is 23.8. The molecule has 0 atom stereocenters. The monoisotopic (exact) mass is 370 g/mol. The van der Waals surface area contributed by atoms with Gasteiger partial charge >= 0.3 is 5.69 Å². The van der Waals surface area contributed by atoms with Crippen LogP contribution in [-0.2, 0) is 16.1 Å². The maximum atomic E-state index is 12.1. The number of aryl methyl sites for hydroxylation is 1. The fourth-order valence-electron chi connectivity index (χ4n) is 2.02. The molecule has 7 nitrogen and oxygen atoms in total. The predicted molar refractivity (Wildman–Crippen MR) is 94.9 cm³/mol. The van der Waals surface area contributed by atoms with E-state index in [2.05, 4.69) is 15.5 Å². The fraction of sp³-hybridized carbons (Fsp3) is 0.400. The third-order valence-electron chi connectivity index (χ3n) is 3.26. The quantitative estimate of drug-likeness (QED) is 0.549. The van der Waals surface area contributed by atoms with Crippen LogP contribution in [0.5, 0.6) is 0 Å². The van der Waals surface area contributed by atoms with E-state index in [1.807, 2.05) is 13.0 Å². The van der Waals surface area contributed by atoms with E-state index in [4.69, 9.17) is 16.3 Å². The Morgan fingerprint density at radius 3 is 3.04 bits per heavy atom. The molecule has 1 heterocycles. The largest absolute Gasteiger partial charge is 0.385 e. The van der Waals surface area contributed by atoms with Gasteiger partial charge in [-0.15, -0.1) is 5.10 Å². The van der Waals surface area contributed by atoms with Gasteiger partial charge in [-0.1, -0.05) is 29.4 Å². The number of nitrogens with one attached hydrogen (secondary N) is 2. The third-order valence-corrected chi connectivity index (χ3v) is 4.47. The number of aromatic amines is 1. The van der Waals surface area contributed by atoms with E-state index in [0.717, 1.165) is 5.56 Å². The van der Waals surface area contributed by atoms with Crippen LogP contribution in [0.15, 0.2) is 28.2 Å². The average molecular weight is 371 g/mol. The van der Waals surface area contributed by atoms with Crippen molar-refractivity contribution in [2.24, 2.45) is 0 Å². The average Bonchev–Trinajstić information content (AvgIpc) is 2.90. The zero-order valence-electron chi connectivity index (χ0n) is 13.5. The Hall–Kier alpha value is -1.77. The zero-order valence-corrected chi connectivity index (χ0v) is 15.0. The number of benzene rings is 1. The molecule has 1 aromatic heterocycles. The molecule has 2 N–H and O–H groups in total. The lowest BCUT2D eigenvalue weighted by Gasteiger charge is -2.09. The minimum Gasteiger partial charge on any atom is -0.385 e. The normalized spacial score (nSPS) is 10.8. The summed E-state index contributed by atoms with van der Waals surface area (Å²) >= 11 is 7.14. The Bertz CT molecular complexity index is 759. The second-order valence-electron chi connectivity index (χ2n) is 5.11. The minimum absolute atomic E-state index is 0.139. The highest BCUT2D eigenvalue weighted by Crippen LogP contribution is 2.21. The number of aromatic nitrogens is 3. The van der Waals surface area contributed by atoms with Gasteiger partial charge in [-0.3, -0.25) is 9.36 Å². The second-order valence-corrected chi connectivity index (χ2v) is 6.48. The van der Waals surface area contributed by atoms with Crippen molar-refractivity contribution in [3.63, 3.8) is 0 Å². The van der Waals surface area contributed by atoms with Crippen LogP contribution in [0, 0.1) is 6.92 Å². The molecule has 0 saturated carbocycles. The van der Waals surface area contributed by atoms with E-state index in [-0.39, 0.29) is 17.3 Å². The Morgan fingerprint density at radius 1 is 1.50 bits per heavy atom. The number of thioether (sulfide) groups is 1. The molecule has 2 rings (SSSR count). The first kappa shape index (κ1) is 18.6. The lowest BCUT2D eigenvalue weighted by Crippen LogP contribution is -2.19. The van der Waals surface area contributed by atoms with Gasteiger partial charge in [0, 0.05) is 31.0 Å². The molecule has 0 aliphatic carbocycles.